The predicted octanol–water partition coefficient (Wildman–Crippen LogP) is 5.00. The van der Waals surface area contributed by atoms with E-state index in [0.29, 0.717) is 36.0 Å². The maximum atomic E-state index is 13.6. The zero-order chi connectivity index (χ0) is 27.3. The topological polar surface area (TPSA) is 103 Å². The lowest BCUT2D eigenvalue weighted by atomic mass is 9.84. The summed E-state index contributed by atoms with van der Waals surface area (Å²) in [5.74, 6) is -0.147. The van der Waals surface area contributed by atoms with Crippen molar-refractivity contribution < 1.29 is 24.2 Å². The minimum atomic E-state index is -1.06. The largest absolute Gasteiger partial charge is 0.479 e. The number of ether oxygens (including phenoxy) is 2. The van der Waals surface area contributed by atoms with E-state index in [1.54, 1.807) is 13.2 Å². The Balaban J connectivity index is 0.00000507. The zero-order valence-corrected chi connectivity index (χ0v) is 24.8. The Bertz CT molecular complexity index is 1130. The second-order valence-electron chi connectivity index (χ2n) is 10.8. The fourth-order valence-corrected chi connectivity index (χ4v) is 4.89. The highest BCUT2D eigenvalue weighted by molar-refractivity contribution is 8.93. The smallest absolute Gasteiger partial charge is 0.341 e. The summed E-state index contributed by atoms with van der Waals surface area (Å²) >= 11 is 0. The Kier molecular flexibility index (Phi) is 10.9. The number of carboxylic acids is 1. The van der Waals surface area contributed by atoms with Gasteiger partial charge in [-0.3, -0.25) is 10.2 Å². The lowest BCUT2D eigenvalue weighted by molar-refractivity contribution is -0.139. The van der Waals surface area contributed by atoms with Gasteiger partial charge >= 0.3 is 5.97 Å². The van der Waals surface area contributed by atoms with Crippen LogP contribution in [0.3, 0.4) is 0 Å². The number of nitrogens with one attached hydrogen (secondary N) is 1. The van der Waals surface area contributed by atoms with E-state index in [2.05, 4.69) is 0 Å². The molecule has 1 heterocycles. The fraction of sp³-hybridized carbons (Fsp3) is 0.483. The number of nitrogens with zero attached hydrogens (tertiary/aromatic N) is 2. The third-order valence-electron chi connectivity index (χ3n) is 6.77. The zero-order valence-electron chi connectivity index (χ0n) is 23.1. The molecule has 2 aromatic carbocycles. The minimum Gasteiger partial charge on any atom is -0.479 e. The molecule has 9 heteroatoms. The number of carbonyl (C=O) groups is 2. The van der Waals surface area contributed by atoms with Crippen molar-refractivity contribution in [2.45, 2.75) is 38.5 Å². The van der Waals surface area contributed by atoms with E-state index in [0.717, 1.165) is 17.5 Å². The Labute approximate surface area is 236 Å². The van der Waals surface area contributed by atoms with Crippen LogP contribution in [0.2, 0.25) is 0 Å². The van der Waals surface area contributed by atoms with E-state index >= 15 is 0 Å². The number of methoxy groups -OCH3 is 1. The van der Waals surface area contributed by atoms with Gasteiger partial charge in [-0.1, -0.05) is 51.1 Å². The van der Waals surface area contributed by atoms with Gasteiger partial charge in [0.15, 0.2) is 12.4 Å². The number of aliphatic carboxylic acids is 1. The first-order chi connectivity index (χ1) is 17.4. The van der Waals surface area contributed by atoms with Gasteiger partial charge in [0.1, 0.15) is 11.6 Å². The van der Waals surface area contributed by atoms with Gasteiger partial charge in [-0.25, -0.2) is 4.79 Å². The number of hydrogen-bond donors (Lipinski definition) is 2. The number of benzene rings is 2. The number of hydrogen-bond acceptors (Lipinski definition) is 6. The van der Waals surface area contributed by atoms with Crippen molar-refractivity contribution in [1.29, 1.82) is 5.41 Å². The first kappa shape index (κ1) is 31.3. The molecule has 0 aliphatic carbocycles. The molecule has 2 unspecified atom stereocenters. The van der Waals surface area contributed by atoms with Crippen molar-refractivity contribution in [3.63, 3.8) is 0 Å². The molecule has 2 atom stereocenters. The molecule has 8 nitrogen and oxygen atoms in total. The van der Waals surface area contributed by atoms with Gasteiger partial charge in [-0.05, 0) is 35.4 Å². The summed E-state index contributed by atoms with van der Waals surface area (Å²) in [6.07, 6.45) is 0.803. The van der Waals surface area contributed by atoms with Crippen LogP contribution in [0.15, 0.2) is 42.5 Å². The molecule has 2 aromatic rings. The van der Waals surface area contributed by atoms with E-state index in [1.807, 2.05) is 81.1 Å². The van der Waals surface area contributed by atoms with Crippen LogP contribution in [0.1, 0.15) is 54.6 Å². The molecule has 1 fully saturated rings. The first-order valence-corrected chi connectivity index (χ1v) is 12.5. The first-order valence-electron chi connectivity index (χ1n) is 12.5. The SMILES string of the molecule is Br.COCCC1CN(CC(=O)c2cc(N(C)C)c(OCC(=O)O)c(C(C)(C)C)c2)C(=N)C1c1ccccc1. The van der Waals surface area contributed by atoms with Crippen LogP contribution in [0.4, 0.5) is 5.69 Å². The van der Waals surface area contributed by atoms with Crippen LogP contribution in [-0.2, 0) is 14.9 Å². The molecule has 0 radical (unpaired) electrons. The highest BCUT2D eigenvalue weighted by Crippen LogP contribution is 2.40. The van der Waals surface area contributed by atoms with Crippen molar-refractivity contribution in [3.05, 3.63) is 59.2 Å². The fourth-order valence-electron chi connectivity index (χ4n) is 4.89. The highest BCUT2D eigenvalue weighted by Gasteiger charge is 2.39. The number of anilines is 1. The molecule has 0 spiro atoms. The van der Waals surface area contributed by atoms with Gasteiger partial charge in [0.25, 0.3) is 0 Å². The normalized spacial score (nSPS) is 17.2. The van der Waals surface area contributed by atoms with Gasteiger partial charge in [0.2, 0.25) is 0 Å². The molecule has 2 N–H and O–H groups in total. The van der Waals surface area contributed by atoms with Gasteiger partial charge in [-0.2, -0.15) is 0 Å². The number of amidine groups is 1. The van der Waals surface area contributed by atoms with Crippen molar-refractivity contribution >= 4 is 40.3 Å². The van der Waals surface area contributed by atoms with E-state index in [1.165, 1.54) is 0 Å². The Morgan fingerprint density at radius 3 is 2.37 bits per heavy atom. The van der Waals surface area contributed by atoms with Crippen LogP contribution in [-0.4, -0.2) is 75.1 Å². The number of rotatable bonds is 11. The highest BCUT2D eigenvalue weighted by atomic mass is 79.9. The number of carboxylic acid groups (broad SMARTS) is 1. The number of likely N-dealkylation sites (tertiary alicyclic amines) is 1. The van der Waals surface area contributed by atoms with Crippen LogP contribution < -0.4 is 9.64 Å². The maximum absolute atomic E-state index is 13.6. The van der Waals surface area contributed by atoms with Crippen LogP contribution in [0.25, 0.3) is 0 Å². The molecule has 0 aromatic heterocycles. The molecule has 38 heavy (non-hydrogen) atoms. The number of carbonyl (C=O) groups excluding carboxylic acids is 1. The van der Waals surface area contributed by atoms with E-state index < -0.39 is 12.6 Å². The third kappa shape index (κ3) is 7.35. The molecule has 0 bridgehead atoms. The Morgan fingerprint density at radius 2 is 1.82 bits per heavy atom. The van der Waals surface area contributed by atoms with Crippen LogP contribution in [0.5, 0.6) is 5.75 Å². The summed E-state index contributed by atoms with van der Waals surface area (Å²) in [6.45, 7) is 6.85. The molecule has 208 valence electrons. The van der Waals surface area contributed by atoms with Crippen molar-refractivity contribution in [1.82, 2.24) is 4.90 Å². The van der Waals surface area contributed by atoms with Gasteiger partial charge in [0.05, 0.1) is 12.2 Å². The summed E-state index contributed by atoms with van der Waals surface area (Å²) in [5, 5.41) is 18.1. The van der Waals surface area contributed by atoms with Gasteiger partial charge in [0, 0.05) is 51.4 Å². The molecule has 0 saturated carbocycles. The summed E-state index contributed by atoms with van der Waals surface area (Å²) < 4.78 is 11.0. The molecule has 0 amide bonds. The number of ketones is 1. The van der Waals surface area contributed by atoms with E-state index in [4.69, 9.17) is 14.9 Å². The quantitative estimate of drug-likeness (QED) is 0.355. The molecular weight excluding hydrogens is 550 g/mol. The summed E-state index contributed by atoms with van der Waals surface area (Å²) in [7, 11) is 5.35. The number of halogens is 1. The second-order valence-corrected chi connectivity index (χ2v) is 10.8. The standard InChI is InChI=1S/C29H39N3O5.BrH/c1-29(2,3)22-14-21(15-23(31(4)5)27(22)37-18-25(34)35)24(33)17-32-16-20(12-13-36-6)26(28(32)30)19-10-8-7-9-11-19;/h7-11,14-15,20,26,30H,12-13,16-18H2,1-6H3,(H,34,35);1H. The molecule has 1 saturated heterocycles. The van der Waals surface area contributed by atoms with Crippen molar-refractivity contribution in [3.8, 4) is 5.75 Å². The lowest BCUT2D eigenvalue weighted by Gasteiger charge is -2.28. The molecule has 1 aliphatic rings. The van der Waals surface area contributed by atoms with E-state index in [9.17, 15) is 14.7 Å². The average molecular weight is 591 g/mol. The summed E-state index contributed by atoms with van der Waals surface area (Å²) in [5.41, 5.74) is 2.61. The maximum Gasteiger partial charge on any atom is 0.341 e. The van der Waals surface area contributed by atoms with Gasteiger partial charge in [-0.15, -0.1) is 17.0 Å². The summed E-state index contributed by atoms with van der Waals surface area (Å²) in [4.78, 5) is 28.5. The monoisotopic (exact) mass is 589 g/mol. The third-order valence-corrected chi connectivity index (χ3v) is 6.77. The minimum absolute atomic E-state index is 0. The van der Waals surface area contributed by atoms with Crippen molar-refractivity contribution in [2.24, 2.45) is 5.92 Å². The molecule has 1 aliphatic heterocycles. The molecule has 3 rings (SSSR count). The lowest BCUT2D eigenvalue weighted by Crippen LogP contribution is -2.32. The Hall–Kier alpha value is -2.91. The van der Waals surface area contributed by atoms with E-state index in [-0.39, 0.29) is 46.6 Å². The number of Topliss-reactive ketones (excluding diaryl/α,β-unsaturated/α-hetero) is 1. The van der Waals surface area contributed by atoms with Crippen LogP contribution >= 0.6 is 17.0 Å². The van der Waals surface area contributed by atoms with Crippen LogP contribution in [0, 0.1) is 11.3 Å². The predicted molar refractivity (Wildman–Crippen MR) is 156 cm³/mol. The summed E-state index contributed by atoms with van der Waals surface area (Å²) in [6, 6.07) is 13.6. The second kappa shape index (κ2) is 13.2. The average Bonchev–Trinajstić information content (AvgIpc) is 3.15. The molecular formula is C29H40BrN3O5. The van der Waals surface area contributed by atoms with Gasteiger partial charge < -0.3 is 24.4 Å². The Morgan fingerprint density at radius 1 is 1.16 bits per heavy atom. The van der Waals surface area contributed by atoms with Crippen molar-refractivity contribution in [2.75, 3.05) is 52.4 Å².